The molecule has 0 unspecified atom stereocenters. The zero-order valence-electron chi connectivity index (χ0n) is 11.9. The normalized spacial score (nSPS) is 10.2. The molecule has 2 aromatic heterocycles. The number of rotatable bonds is 4. The monoisotopic (exact) mass is 294 g/mol. The van der Waals surface area contributed by atoms with E-state index in [1.54, 1.807) is 24.4 Å². The highest BCUT2D eigenvalue weighted by atomic mass is 16.5. The molecule has 3 rings (SSSR count). The van der Waals surface area contributed by atoms with Crippen LogP contribution in [-0.4, -0.2) is 16.0 Å². The van der Waals surface area contributed by atoms with E-state index < -0.39 is 0 Å². The molecule has 0 saturated heterocycles. The number of nitrogens with zero attached hydrogens (tertiary/aromatic N) is 2. The molecule has 1 aromatic carbocycles. The minimum Gasteiger partial charge on any atom is -0.360 e. The zero-order valence-corrected chi connectivity index (χ0v) is 11.9. The van der Waals surface area contributed by atoms with Crippen molar-refractivity contribution in [3.05, 3.63) is 66.2 Å². The maximum atomic E-state index is 12.0. The van der Waals surface area contributed by atoms with Gasteiger partial charge in [0.15, 0.2) is 5.82 Å². The van der Waals surface area contributed by atoms with Gasteiger partial charge in [0.2, 0.25) is 0 Å². The summed E-state index contributed by atoms with van der Waals surface area (Å²) in [7, 11) is 0. The zero-order chi connectivity index (χ0) is 15.4. The minimum atomic E-state index is -0.194. The molecular weight excluding hydrogens is 280 g/mol. The van der Waals surface area contributed by atoms with Crippen molar-refractivity contribution in [1.82, 2.24) is 10.1 Å². The molecule has 0 radical (unpaired) electrons. The SMILES string of the molecule is Cc1cc(Nc2ccc(NC(=O)c3cccnc3)cc2)no1. The van der Waals surface area contributed by atoms with Crippen molar-refractivity contribution in [2.45, 2.75) is 6.92 Å². The Hall–Kier alpha value is -3.15. The third-order valence-electron chi connectivity index (χ3n) is 2.97. The van der Waals surface area contributed by atoms with Crippen LogP contribution in [0.2, 0.25) is 0 Å². The van der Waals surface area contributed by atoms with Gasteiger partial charge in [-0.3, -0.25) is 9.78 Å². The van der Waals surface area contributed by atoms with Gasteiger partial charge in [-0.25, -0.2) is 0 Å². The number of hydrogen-bond acceptors (Lipinski definition) is 5. The summed E-state index contributed by atoms with van der Waals surface area (Å²) in [6, 6.07) is 12.6. The molecule has 0 aliphatic rings. The molecule has 0 atom stereocenters. The molecule has 0 saturated carbocycles. The summed E-state index contributed by atoms with van der Waals surface area (Å²) in [5, 5.41) is 9.78. The van der Waals surface area contributed by atoms with Crippen LogP contribution >= 0.6 is 0 Å². The number of carbonyl (C=O) groups is 1. The van der Waals surface area contributed by atoms with Gasteiger partial charge in [0.05, 0.1) is 5.56 Å². The number of benzene rings is 1. The summed E-state index contributed by atoms with van der Waals surface area (Å²) in [6.45, 7) is 1.83. The Kier molecular flexibility index (Phi) is 3.82. The predicted octanol–water partition coefficient (Wildman–Crippen LogP) is 3.37. The van der Waals surface area contributed by atoms with E-state index in [1.807, 2.05) is 31.2 Å². The molecule has 110 valence electrons. The molecule has 6 heteroatoms. The first-order chi connectivity index (χ1) is 10.7. The Morgan fingerprint density at radius 3 is 2.55 bits per heavy atom. The van der Waals surface area contributed by atoms with Gasteiger partial charge < -0.3 is 15.2 Å². The average Bonchev–Trinajstić information content (AvgIpc) is 2.95. The van der Waals surface area contributed by atoms with Crippen LogP contribution in [0.15, 0.2) is 59.4 Å². The first-order valence-corrected chi connectivity index (χ1v) is 6.72. The fourth-order valence-electron chi connectivity index (χ4n) is 1.91. The lowest BCUT2D eigenvalue weighted by molar-refractivity contribution is 0.102. The number of hydrogen-bond donors (Lipinski definition) is 2. The number of pyridine rings is 1. The lowest BCUT2D eigenvalue weighted by atomic mass is 10.2. The summed E-state index contributed by atoms with van der Waals surface area (Å²) in [4.78, 5) is 15.9. The van der Waals surface area contributed by atoms with Crippen LogP contribution < -0.4 is 10.6 Å². The molecule has 0 spiro atoms. The molecule has 0 fully saturated rings. The lowest BCUT2D eigenvalue weighted by Gasteiger charge is -2.06. The molecule has 0 aliphatic carbocycles. The summed E-state index contributed by atoms with van der Waals surface area (Å²) in [5.74, 6) is 1.19. The average molecular weight is 294 g/mol. The molecule has 2 heterocycles. The molecule has 0 bridgehead atoms. The van der Waals surface area contributed by atoms with Crippen LogP contribution in [0.4, 0.5) is 17.2 Å². The number of aromatic nitrogens is 2. The maximum Gasteiger partial charge on any atom is 0.257 e. The largest absolute Gasteiger partial charge is 0.360 e. The van der Waals surface area contributed by atoms with E-state index >= 15 is 0 Å². The summed E-state index contributed by atoms with van der Waals surface area (Å²) >= 11 is 0. The van der Waals surface area contributed by atoms with E-state index in [0.717, 1.165) is 11.4 Å². The van der Waals surface area contributed by atoms with Gasteiger partial charge in [0.25, 0.3) is 5.91 Å². The maximum absolute atomic E-state index is 12.0. The highest BCUT2D eigenvalue weighted by Crippen LogP contribution is 2.19. The second kappa shape index (κ2) is 6.09. The first kappa shape index (κ1) is 13.8. The van der Waals surface area contributed by atoms with Crippen molar-refractivity contribution in [2.75, 3.05) is 10.6 Å². The second-order valence-electron chi connectivity index (χ2n) is 4.72. The van der Waals surface area contributed by atoms with Gasteiger partial charge in [-0.15, -0.1) is 0 Å². The Bertz CT molecular complexity index is 766. The first-order valence-electron chi connectivity index (χ1n) is 6.72. The number of aryl methyl sites for hydroxylation is 1. The highest BCUT2D eigenvalue weighted by molar-refractivity contribution is 6.04. The standard InChI is InChI=1S/C16H14N4O2/c1-11-9-15(20-22-11)18-13-4-6-14(7-5-13)19-16(21)12-3-2-8-17-10-12/h2-10H,1H3,(H,18,20)(H,19,21). The predicted molar refractivity (Wildman–Crippen MR) is 83.2 cm³/mol. The molecule has 1 amide bonds. The molecule has 0 aliphatic heterocycles. The fourth-order valence-corrected chi connectivity index (χ4v) is 1.91. The van der Waals surface area contributed by atoms with Crippen molar-refractivity contribution in [3.8, 4) is 0 Å². The van der Waals surface area contributed by atoms with Crippen LogP contribution in [0.3, 0.4) is 0 Å². The van der Waals surface area contributed by atoms with Crippen molar-refractivity contribution >= 4 is 23.1 Å². The molecule has 22 heavy (non-hydrogen) atoms. The van der Waals surface area contributed by atoms with Gasteiger partial charge >= 0.3 is 0 Å². The van der Waals surface area contributed by atoms with Crippen LogP contribution in [0, 0.1) is 6.92 Å². The van der Waals surface area contributed by atoms with Crippen molar-refractivity contribution in [2.24, 2.45) is 0 Å². The smallest absolute Gasteiger partial charge is 0.257 e. The lowest BCUT2D eigenvalue weighted by Crippen LogP contribution is -2.11. The van der Waals surface area contributed by atoms with Crippen LogP contribution in [-0.2, 0) is 0 Å². The minimum absolute atomic E-state index is 0.194. The van der Waals surface area contributed by atoms with Crippen LogP contribution in [0.25, 0.3) is 0 Å². The Labute approximate surface area is 127 Å². The molecule has 3 aromatic rings. The Balaban J connectivity index is 1.65. The second-order valence-corrected chi connectivity index (χ2v) is 4.72. The van der Waals surface area contributed by atoms with Crippen molar-refractivity contribution < 1.29 is 9.32 Å². The summed E-state index contributed by atoms with van der Waals surface area (Å²) < 4.78 is 4.99. The van der Waals surface area contributed by atoms with E-state index in [0.29, 0.717) is 17.1 Å². The van der Waals surface area contributed by atoms with E-state index in [2.05, 4.69) is 20.8 Å². The highest BCUT2D eigenvalue weighted by Gasteiger charge is 2.06. The summed E-state index contributed by atoms with van der Waals surface area (Å²) in [6.07, 6.45) is 3.15. The third-order valence-corrected chi connectivity index (χ3v) is 2.97. The number of anilines is 3. The number of carbonyl (C=O) groups excluding carboxylic acids is 1. The molecule has 2 N–H and O–H groups in total. The van der Waals surface area contributed by atoms with Gasteiger partial charge in [-0.1, -0.05) is 5.16 Å². The van der Waals surface area contributed by atoms with Gasteiger partial charge in [-0.05, 0) is 43.3 Å². The van der Waals surface area contributed by atoms with Gasteiger partial charge in [0, 0.05) is 29.8 Å². The number of nitrogens with one attached hydrogen (secondary N) is 2. The van der Waals surface area contributed by atoms with Crippen LogP contribution in [0.5, 0.6) is 0 Å². The van der Waals surface area contributed by atoms with Crippen molar-refractivity contribution in [3.63, 3.8) is 0 Å². The van der Waals surface area contributed by atoms with E-state index in [1.165, 1.54) is 6.20 Å². The third kappa shape index (κ3) is 3.29. The van der Waals surface area contributed by atoms with Gasteiger partial charge in [0.1, 0.15) is 5.76 Å². The Morgan fingerprint density at radius 1 is 1.14 bits per heavy atom. The molecule has 6 nitrogen and oxygen atoms in total. The van der Waals surface area contributed by atoms with Gasteiger partial charge in [-0.2, -0.15) is 0 Å². The van der Waals surface area contributed by atoms with Crippen LogP contribution in [0.1, 0.15) is 16.1 Å². The topological polar surface area (TPSA) is 80.0 Å². The van der Waals surface area contributed by atoms with Crippen molar-refractivity contribution in [1.29, 1.82) is 0 Å². The molecular formula is C16H14N4O2. The van der Waals surface area contributed by atoms with E-state index in [-0.39, 0.29) is 5.91 Å². The van der Waals surface area contributed by atoms with E-state index in [9.17, 15) is 4.79 Å². The Morgan fingerprint density at radius 2 is 1.91 bits per heavy atom. The fraction of sp³-hybridized carbons (Fsp3) is 0.0625. The quantitative estimate of drug-likeness (QED) is 0.771. The summed E-state index contributed by atoms with van der Waals surface area (Å²) in [5.41, 5.74) is 2.08. The number of amides is 1. The van der Waals surface area contributed by atoms with E-state index in [4.69, 9.17) is 4.52 Å².